The number of aliphatic carboxylic acids is 1. The monoisotopic (exact) mass is 349 g/mol. The number of carbonyl (C=O) groups excluding carboxylic acids is 1. The Labute approximate surface area is 146 Å². The normalized spacial score (nSPS) is 17.8. The van der Waals surface area contributed by atoms with Gasteiger partial charge in [0.25, 0.3) is 0 Å². The van der Waals surface area contributed by atoms with Crippen molar-refractivity contribution in [1.82, 2.24) is 15.1 Å². The van der Waals surface area contributed by atoms with E-state index in [4.69, 9.17) is 5.11 Å². The van der Waals surface area contributed by atoms with Gasteiger partial charge in [0.2, 0.25) is 5.91 Å². The van der Waals surface area contributed by atoms with Crippen molar-refractivity contribution in [2.24, 2.45) is 5.92 Å². The van der Waals surface area contributed by atoms with Crippen LogP contribution in [0.1, 0.15) is 40.5 Å². The summed E-state index contributed by atoms with van der Waals surface area (Å²) in [7, 11) is 0. The van der Waals surface area contributed by atoms with Gasteiger partial charge in [0.05, 0.1) is 13.1 Å². The maximum absolute atomic E-state index is 12.0. The van der Waals surface area contributed by atoms with Gasteiger partial charge in [-0.2, -0.15) is 0 Å². The van der Waals surface area contributed by atoms with E-state index in [-0.39, 0.29) is 30.9 Å². The standard InChI is InChI=1S/C16H31N3O3.ClH/c1-5-19(11-16(21)22)14-6-8-18(9-7-14)10-15(20)17-13(4)12(2)3;/h12-14H,5-11H2,1-4H3,(H,17,20)(H,21,22);1H. The average molecular weight is 350 g/mol. The number of likely N-dealkylation sites (N-methyl/N-ethyl adjacent to an activating group) is 1. The van der Waals surface area contributed by atoms with Crippen molar-refractivity contribution in [2.45, 2.75) is 52.6 Å². The highest BCUT2D eigenvalue weighted by Gasteiger charge is 2.26. The Morgan fingerprint density at radius 1 is 1.26 bits per heavy atom. The molecule has 0 aliphatic carbocycles. The van der Waals surface area contributed by atoms with Crippen LogP contribution in [0.3, 0.4) is 0 Å². The lowest BCUT2D eigenvalue weighted by Crippen LogP contribution is -2.49. The van der Waals surface area contributed by atoms with Gasteiger partial charge in [0.1, 0.15) is 0 Å². The predicted octanol–water partition coefficient (Wildman–Crippen LogP) is 1.44. The van der Waals surface area contributed by atoms with E-state index in [1.54, 1.807) is 0 Å². The van der Waals surface area contributed by atoms with Gasteiger partial charge in [0.15, 0.2) is 0 Å². The third kappa shape index (κ3) is 7.99. The van der Waals surface area contributed by atoms with Crippen molar-refractivity contribution in [3.8, 4) is 0 Å². The highest BCUT2D eigenvalue weighted by molar-refractivity contribution is 5.85. The number of hydrogen-bond donors (Lipinski definition) is 2. The number of nitrogens with one attached hydrogen (secondary N) is 1. The number of amides is 1. The Bertz CT molecular complexity index is 372. The van der Waals surface area contributed by atoms with Crippen molar-refractivity contribution >= 4 is 24.3 Å². The number of likely N-dealkylation sites (tertiary alicyclic amines) is 1. The molecule has 1 amide bonds. The maximum atomic E-state index is 12.0. The lowest BCUT2D eigenvalue weighted by Gasteiger charge is -2.37. The largest absolute Gasteiger partial charge is 0.480 e. The molecule has 0 aromatic rings. The summed E-state index contributed by atoms with van der Waals surface area (Å²) < 4.78 is 0. The summed E-state index contributed by atoms with van der Waals surface area (Å²) in [6.45, 7) is 11.2. The molecule has 2 N–H and O–H groups in total. The Morgan fingerprint density at radius 2 is 1.83 bits per heavy atom. The number of carboxylic acids is 1. The van der Waals surface area contributed by atoms with Crippen molar-refractivity contribution in [1.29, 1.82) is 0 Å². The molecular weight excluding hydrogens is 318 g/mol. The van der Waals surface area contributed by atoms with Crippen molar-refractivity contribution in [3.63, 3.8) is 0 Å². The molecule has 1 unspecified atom stereocenters. The van der Waals surface area contributed by atoms with Gasteiger partial charge in [0, 0.05) is 25.2 Å². The van der Waals surface area contributed by atoms with Gasteiger partial charge in [-0.1, -0.05) is 20.8 Å². The first-order chi connectivity index (χ1) is 10.3. The third-order valence-corrected chi connectivity index (χ3v) is 4.57. The maximum Gasteiger partial charge on any atom is 0.317 e. The summed E-state index contributed by atoms with van der Waals surface area (Å²) in [6.07, 6.45) is 1.85. The molecule has 1 heterocycles. The molecule has 0 aromatic heterocycles. The van der Waals surface area contributed by atoms with E-state index in [9.17, 15) is 9.59 Å². The van der Waals surface area contributed by atoms with Crippen LogP contribution in [0.15, 0.2) is 0 Å². The summed E-state index contributed by atoms with van der Waals surface area (Å²) in [6, 6.07) is 0.506. The number of carboxylic acid groups (broad SMARTS) is 1. The second kappa shape index (κ2) is 10.8. The van der Waals surface area contributed by atoms with Crippen molar-refractivity contribution in [3.05, 3.63) is 0 Å². The van der Waals surface area contributed by atoms with Crippen molar-refractivity contribution in [2.75, 3.05) is 32.7 Å². The smallest absolute Gasteiger partial charge is 0.317 e. The Hall–Kier alpha value is -0.850. The van der Waals surface area contributed by atoms with Gasteiger partial charge >= 0.3 is 5.97 Å². The molecule has 23 heavy (non-hydrogen) atoms. The Morgan fingerprint density at radius 3 is 2.26 bits per heavy atom. The van der Waals surface area contributed by atoms with Crippen LogP contribution in [0.25, 0.3) is 0 Å². The summed E-state index contributed by atoms with van der Waals surface area (Å²) >= 11 is 0. The van der Waals surface area contributed by atoms with Gasteiger partial charge < -0.3 is 10.4 Å². The van der Waals surface area contributed by atoms with Crippen LogP contribution in [0.2, 0.25) is 0 Å². The molecule has 1 atom stereocenters. The van der Waals surface area contributed by atoms with Crippen LogP contribution in [-0.4, -0.2) is 71.6 Å². The molecule has 1 aliphatic heterocycles. The number of rotatable bonds is 8. The minimum absolute atomic E-state index is 0. The zero-order valence-electron chi connectivity index (χ0n) is 14.7. The molecule has 1 saturated heterocycles. The molecule has 0 bridgehead atoms. The molecule has 136 valence electrons. The summed E-state index contributed by atoms with van der Waals surface area (Å²) in [5.41, 5.74) is 0. The first-order valence-corrected chi connectivity index (χ1v) is 8.31. The first-order valence-electron chi connectivity index (χ1n) is 8.31. The fourth-order valence-electron chi connectivity index (χ4n) is 2.78. The van der Waals surface area contributed by atoms with Crippen LogP contribution in [-0.2, 0) is 9.59 Å². The lowest BCUT2D eigenvalue weighted by molar-refractivity contribution is -0.139. The number of piperidine rings is 1. The number of halogens is 1. The van der Waals surface area contributed by atoms with Gasteiger partial charge in [-0.25, -0.2) is 0 Å². The van der Waals surface area contributed by atoms with E-state index >= 15 is 0 Å². The summed E-state index contributed by atoms with van der Waals surface area (Å²) in [5, 5.41) is 12.0. The van der Waals surface area contributed by atoms with Crippen LogP contribution in [0.5, 0.6) is 0 Å². The number of nitrogens with zero attached hydrogens (tertiary/aromatic N) is 2. The first kappa shape index (κ1) is 22.1. The quantitative estimate of drug-likeness (QED) is 0.693. The zero-order chi connectivity index (χ0) is 16.7. The minimum atomic E-state index is -0.772. The Balaban J connectivity index is 0.00000484. The molecule has 6 nitrogen and oxygen atoms in total. The minimum Gasteiger partial charge on any atom is -0.480 e. The van der Waals surface area contributed by atoms with E-state index in [0.717, 1.165) is 32.5 Å². The van der Waals surface area contributed by atoms with Gasteiger partial charge in [-0.3, -0.25) is 19.4 Å². The molecule has 1 fully saturated rings. The van der Waals surface area contributed by atoms with Gasteiger partial charge in [-0.15, -0.1) is 12.4 Å². The topological polar surface area (TPSA) is 72.9 Å². The second-order valence-electron chi connectivity index (χ2n) is 6.56. The predicted molar refractivity (Wildman–Crippen MR) is 94.0 cm³/mol. The van der Waals surface area contributed by atoms with Crippen LogP contribution in [0.4, 0.5) is 0 Å². The molecule has 1 aliphatic rings. The van der Waals surface area contributed by atoms with Crippen LogP contribution in [0, 0.1) is 5.92 Å². The fraction of sp³-hybridized carbons (Fsp3) is 0.875. The summed E-state index contributed by atoms with van der Waals surface area (Å²) in [5.74, 6) is -0.257. The molecule has 1 rings (SSSR count). The van der Waals surface area contributed by atoms with Crippen LogP contribution < -0.4 is 5.32 Å². The van der Waals surface area contributed by atoms with E-state index in [1.807, 2.05) is 18.7 Å². The second-order valence-corrected chi connectivity index (χ2v) is 6.56. The summed E-state index contributed by atoms with van der Waals surface area (Å²) in [4.78, 5) is 27.1. The van der Waals surface area contributed by atoms with Crippen LogP contribution >= 0.6 is 12.4 Å². The Kier molecular flexibility index (Phi) is 10.4. The number of hydrogen-bond acceptors (Lipinski definition) is 4. The fourth-order valence-corrected chi connectivity index (χ4v) is 2.78. The average Bonchev–Trinajstić information content (AvgIpc) is 2.45. The van der Waals surface area contributed by atoms with Gasteiger partial charge in [-0.05, 0) is 32.2 Å². The zero-order valence-corrected chi connectivity index (χ0v) is 15.6. The van der Waals surface area contributed by atoms with E-state index < -0.39 is 5.97 Å². The lowest BCUT2D eigenvalue weighted by atomic mass is 10.0. The highest BCUT2D eigenvalue weighted by atomic mass is 35.5. The molecule has 0 aromatic carbocycles. The molecule has 0 saturated carbocycles. The van der Waals surface area contributed by atoms with E-state index in [1.165, 1.54) is 0 Å². The molecule has 0 spiro atoms. The van der Waals surface area contributed by atoms with Crippen molar-refractivity contribution < 1.29 is 14.7 Å². The van der Waals surface area contributed by atoms with E-state index in [2.05, 4.69) is 24.1 Å². The molecule has 7 heteroatoms. The van der Waals surface area contributed by atoms with E-state index in [0.29, 0.717) is 18.5 Å². The third-order valence-electron chi connectivity index (χ3n) is 4.57. The SMILES string of the molecule is CCN(CC(=O)O)C1CCN(CC(=O)NC(C)C(C)C)CC1.Cl. The molecule has 0 radical (unpaired) electrons. The highest BCUT2D eigenvalue weighted by Crippen LogP contribution is 2.16. The number of carbonyl (C=O) groups is 2. The molecular formula is C16H32ClN3O3.